The molecule has 5 rings (SSSR count). The van der Waals surface area contributed by atoms with Gasteiger partial charge in [0.25, 0.3) is 0 Å². The van der Waals surface area contributed by atoms with Gasteiger partial charge in [-0.3, -0.25) is 14.4 Å². The summed E-state index contributed by atoms with van der Waals surface area (Å²) in [6, 6.07) is 3.41. The van der Waals surface area contributed by atoms with Crippen LogP contribution in [0.5, 0.6) is 0 Å². The Balaban J connectivity index is 0.000000434. The summed E-state index contributed by atoms with van der Waals surface area (Å²) >= 11 is 0. The number of hydrogen-bond acceptors (Lipinski definition) is 10. The highest BCUT2D eigenvalue weighted by atomic mass is 19.4. The van der Waals surface area contributed by atoms with Crippen molar-refractivity contribution in [3.8, 4) is 0 Å². The fraction of sp³-hybridized carbons (Fsp3) is 0.618. The Morgan fingerprint density at radius 3 is 2.21 bits per heavy atom. The second-order valence-electron chi connectivity index (χ2n) is 13.1. The SMILES string of the molecule is CCc1c(NC[C@H](NC(=O)CCC2CCCC2)C(=O)O)ncnc1N1CCC(c2ccc3c(n2)NCCC3)CC1.O=C(C(=O)C(F)(F)F)C(F)(F)F. The van der Waals surface area contributed by atoms with Crippen LogP contribution in [0.1, 0.15) is 87.4 Å². The van der Waals surface area contributed by atoms with Crippen LogP contribution in [0.15, 0.2) is 18.5 Å². The molecule has 286 valence electrons. The number of carbonyl (C=O) groups is 4. The topological polar surface area (TPSA) is 167 Å². The maximum absolute atomic E-state index is 12.5. The molecule has 1 aliphatic carbocycles. The molecule has 4 N–H and O–H groups in total. The Kier molecular flexibility index (Phi) is 13.8. The number of nitrogens with zero attached hydrogens (tertiary/aromatic N) is 4. The van der Waals surface area contributed by atoms with E-state index >= 15 is 0 Å². The number of fused-ring (bicyclic) bond motifs is 1. The number of rotatable bonds is 12. The fourth-order valence-corrected chi connectivity index (χ4v) is 6.67. The molecule has 18 heteroatoms. The number of amides is 1. The summed E-state index contributed by atoms with van der Waals surface area (Å²) in [5.74, 6) is -4.48. The second-order valence-corrected chi connectivity index (χ2v) is 13.1. The van der Waals surface area contributed by atoms with Gasteiger partial charge in [0.05, 0.1) is 0 Å². The number of alkyl halides is 6. The predicted octanol–water partition coefficient (Wildman–Crippen LogP) is 5.38. The highest BCUT2D eigenvalue weighted by molar-refractivity contribution is 6.41. The van der Waals surface area contributed by atoms with E-state index in [-0.39, 0.29) is 12.5 Å². The molecule has 1 saturated carbocycles. The molecule has 4 heterocycles. The molecular formula is C34H43F6N7O5. The van der Waals surface area contributed by atoms with E-state index in [9.17, 15) is 50.6 Å². The number of nitrogens with one attached hydrogen (secondary N) is 3. The smallest absolute Gasteiger partial charge is 0.458 e. The van der Waals surface area contributed by atoms with E-state index in [1.54, 1.807) is 0 Å². The van der Waals surface area contributed by atoms with Crippen LogP contribution in [-0.2, 0) is 32.0 Å². The number of halogens is 6. The molecule has 2 fully saturated rings. The van der Waals surface area contributed by atoms with Crippen LogP contribution >= 0.6 is 0 Å². The molecule has 1 atom stereocenters. The number of ketones is 2. The van der Waals surface area contributed by atoms with Crippen molar-refractivity contribution < 1.29 is 50.6 Å². The van der Waals surface area contributed by atoms with Gasteiger partial charge in [0.1, 0.15) is 29.8 Å². The lowest BCUT2D eigenvalue weighted by Gasteiger charge is -2.34. The lowest BCUT2D eigenvalue weighted by Crippen LogP contribution is -2.45. The lowest BCUT2D eigenvalue weighted by molar-refractivity contribution is -0.193. The molecule has 52 heavy (non-hydrogen) atoms. The second kappa shape index (κ2) is 17.8. The monoisotopic (exact) mass is 743 g/mol. The van der Waals surface area contributed by atoms with Crippen LogP contribution < -0.4 is 20.9 Å². The average molecular weight is 744 g/mol. The van der Waals surface area contributed by atoms with E-state index in [0.29, 0.717) is 30.5 Å². The number of anilines is 3. The summed E-state index contributed by atoms with van der Waals surface area (Å²) in [7, 11) is 0. The van der Waals surface area contributed by atoms with Crippen molar-refractivity contribution in [2.24, 2.45) is 5.92 Å². The molecule has 0 radical (unpaired) electrons. The molecule has 1 amide bonds. The van der Waals surface area contributed by atoms with E-state index in [2.05, 4.69) is 49.9 Å². The summed E-state index contributed by atoms with van der Waals surface area (Å²) in [4.78, 5) is 59.9. The first kappa shape index (κ1) is 40.3. The van der Waals surface area contributed by atoms with Gasteiger partial charge in [0, 0.05) is 49.8 Å². The van der Waals surface area contributed by atoms with Gasteiger partial charge in [0.2, 0.25) is 5.91 Å². The first-order valence-electron chi connectivity index (χ1n) is 17.4. The largest absolute Gasteiger partial charge is 0.480 e. The van der Waals surface area contributed by atoms with Gasteiger partial charge in [0.15, 0.2) is 0 Å². The highest BCUT2D eigenvalue weighted by Crippen LogP contribution is 2.34. The van der Waals surface area contributed by atoms with E-state index < -0.39 is 35.9 Å². The lowest BCUT2D eigenvalue weighted by atomic mass is 9.92. The van der Waals surface area contributed by atoms with Crippen molar-refractivity contribution in [3.05, 3.63) is 35.3 Å². The minimum Gasteiger partial charge on any atom is -0.480 e. The highest BCUT2D eigenvalue weighted by Gasteiger charge is 2.54. The van der Waals surface area contributed by atoms with Crippen molar-refractivity contribution in [2.75, 3.05) is 41.7 Å². The van der Waals surface area contributed by atoms with Crippen LogP contribution in [0.25, 0.3) is 0 Å². The Bertz CT molecular complexity index is 1550. The third kappa shape index (κ3) is 11.0. The number of carboxylic acids is 1. The molecule has 0 spiro atoms. The van der Waals surface area contributed by atoms with E-state index in [0.717, 1.165) is 68.9 Å². The Morgan fingerprint density at radius 1 is 0.962 bits per heavy atom. The molecule has 3 aliphatic rings. The molecule has 0 unspecified atom stereocenters. The number of carboxylic acid groups (broad SMARTS) is 1. The average Bonchev–Trinajstić information content (AvgIpc) is 3.65. The minimum absolute atomic E-state index is 0.0636. The number of aryl methyl sites for hydroxylation is 1. The van der Waals surface area contributed by atoms with Gasteiger partial charge >= 0.3 is 29.9 Å². The number of hydrogen-bond donors (Lipinski definition) is 4. The van der Waals surface area contributed by atoms with E-state index in [1.165, 1.54) is 43.3 Å². The number of pyridine rings is 1. The summed E-state index contributed by atoms with van der Waals surface area (Å²) < 4.78 is 67.0. The Labute approximate surface area is 296 Å². The van der Waals surface area contributed by atoms with Crippen molar-refractivity contribution in [3.63, 3.8) is 0 Å². The summed E-state index contributed by atoms with van der Waals surface area (Å²) in [5.41, 5.74) is 3.45. The normalized spacial score (nSPS) is 17.2. The van der Waals surface area contributed by atoms with Gasteiger partial charge in [-0.1, -0.05) is 38.7 Å². The molecule has 2 aromatic rings. The van der Waals surface area contributed by atoms with Crippen LogP contribution in [0.2, 0.25) is 0 Å². The molecule has 0 aromatic carbocycles. The first-order valence-corrected chi connectivity index (χ1v) is 17.4. The zero-order valence-corrected chi connectivity index (χ0v) is 28.7. The zero-order chi connectivity index (χ0) is 38.1. The maximum Gasteiger partial charge on any atom is 0.458 e. The summed E-state index contributed by atoms with van der Waals surface area (Å²) in [6.45, 7) is 4.85. The van der Waals surface area contributed by atoms with Gasteiger partial charge in [-0.25, -0.2) is 19.7 Å². The van der Waals surface area contributed by atoms with Crippen LogP contribution in [0.3, 0.4) is 0 Å². The van der Waals surface area contributed by atoms with Crippen LogP contribution in [0.4, 0.5) is 43.8 Å². The van der Waals surface area contributed by atoms with E-state index in [4.69, 9.17) is 4.98 Å². The number of carbonyl (C=O) groups excluding carboxylic acids is 3. The van der Waals surface area contributed by atoms with Gasteiger partial charge in [-0.15, -0.1) is 0 Å². The molecule has 2 aliphatic heterocycles. The minimum atomic E-state index is -5.77. The fourth-order valence-electron chi connectivity index (χ4n) is 6.67. The van der Waals surface area contributed by atoms with Crippen molar-refractivity contribution >= 4 is 40.9 Å². The standard InChI is InChI=1S/C30H43N7O3.C4F6O2/c1-2-23-28(32-18-25(30(39)40)35-26(38)12-9-20-6-3-4-7-20)33-19-34-29(23)37-16-13-21(14-17-37)24-11-10-22-8-5-15-31-27(22)36-24;5-3(6,7)1(11)2(12)4(8,9)10/h10-11,19-21,25H,2-9,12-18H2,1H3,(H,31,36)(H,35,38)(H,39,40)(H,32,33,34);/t25-;/m0./s1. The summed E-state index contributed by atoms with van der Waals surface area (Å²) in [6.07, 6.45) is 0.970. The van der Waals surface area contributed by atoms with Crippen molar-refractivity contribution in [1.29, 1.82) is 0 Å². The molecule has 2 aromatic heterocycles. The first-order chi connectivity index (χ1) is 24.6. The number of aromatic nitrogens is 3. The predicted molar refractivity (Wildman–Crippen MR) is 178 cm³/mol. The van der Waals surface area contributed by atoms with E-state index in [1.807, 2.05) is 0 Å². The maximum atomic E-state index is 12.5. The van der Waals surface area contributed by atoms with Crippen LogP contribution in [-0.4, -0.2) is 88.1 Å². The zero-order valence-electron chi connectivity index (χ0n) is 28.7. The molecular weight excluding hydrogens is 700 g/mol. The van der Waals surface area contributed by atoms with Crippen LogP contribution in [0, 0.1) is 5.92 Å². The molecule has 1 saturated heterocycles. The third-order valence-corrected chi connectivity index (χ3v) is 9.49. The van der Waals surface area contributed by atoms with Gasteiger partial charge < -0.3 is 26.0 Å². The quantitative estimate of drug-likeness (QED) is 0.163. The number of piperidine rings is 1. The Morgan fingerprint density at radius 2 is 1.62 bits per heavy atom. The molecule has 12 nitrogen and oxygen atoms in total. The molecule has 0 bridgehead atoms. The van der Waals surface area contributed by atoms with Gasteiger partial charge in [-0.05, 0) is 56.1 Å². The summed E-state index contributed by atoms with van der Waals surface area (Å²) in [5, 5.41) is 19.1. The Hall–Kier alpha value is -4.51. The van der Waals surface area contributed by atoms with Crippen molar-refractivity contribution in [2.45, 2.75) is 102 Å². The number of aliphatic carboxylic acids is 1. The van der Waals surface area contributed by atoms with Gasteiger partial charge in [-0.2, -0.15) is 26.3 Å². The number of Topliss-reactive ketones (excluding diaryl/α,β-unsaturated/α-hetero) is 2. The van der Waals surface area contributed by atoms with Crippen molar-refractivity contribution in [1.82, 2.24) is 20.3 Å². The third-order valence-electron chi connectivity index (χ3n) is 9.49.